The van der Waals surface area contributed by atoms with E-state index in [1.165, 1.54) is 6.42 Å². The third-order valence-electron chi connectivity index (χ3n) is 3.22. The molecule has 0 spiro atoms. The molecule has 0 radical (unpaired) electrons. The van der Waals surface area contributed by atoms with Crippen LogP contribution in [0.15, 0.2) is 0 Å². The van der Waals surface area contributed by atoms with Crippen LogP contribution in [0.1, 0.15) is 40.0 Å². The van der Waals surface area contributed by atoms with Gasteiger partial charge in [-0.1, -0.05) is 20.8 Å². The molecule has 96 valence electrons. The first-order chi connectivity index (χ1) is 8.08. The van der Waals surface area contributed by atoms with E-state index < -0.39 is 5.92 Å². The normalized spacial score (nSPS) is 25.6. The minimum atomic E-state index is -0.507. The van der Waals surface area contributed by atoms with Crippen molar-refractivity contribution in [1.29, 1.82) is 5.26 Å². The molecule has 3 atom stereocenters. The molecule has 0 bridgehead atoms. The lowest BCUT2D eigenvalue weighted by Gasteiger charge is -2.17. The Bertz CT molecular complexity index is 298. The number of nitrogens with one attached hydrogen (secondary N) is 1. The molecule has 0 aromatic rings. The summed E-state index contributed by atoms with van der Waals surface area (Å²) in [6.07, 6.45) is 3.29. The third kappa shape index (κ3) is 4.23. The maximum Gasteiger partial charge on any atom is 0.237 e. The van der Waals surface area contributed by atoms with Gasteiger partial charge in [0.1, 0.15) is 5.92 Å². The lowest BCUT2D eigenvalue weighted by Crippen LogP contribution is -2.39. The average molecular weight is 254 g/mol. The first-order valence-corrected chi connectivity index (χ1v) is 7.45. The van der Waals surface area contributed by atoms with Crippen LogP contribution in [0.4, 0.5) is 0 Å². The molecular weight excluding hydrogens is 232 g/mol. The van der Waals surface area contributed by atoms with Crippen molar-refractivity contribution < 1.29 is 4.79 Å². The quantitative estimate of drug-likeness (QED) is 0.820. The molecule has 1 N–H and O–H groups in total. The maximum atomic E-state index is 11.9. The summed E-state index contributed by atoms with van der Waals surface area (Å²) in [6.45, 7) is 6.00. The summed E-state index contributed by atoms with van der Waals surface area (Å²) in [5.41, 5.74) is 0. The highest BCUT2D eigenvalue weighted by atomic mass is 32.2. The second-order valence-electron chi connectivity index (χ2n) is 4.95. The minimum Gasteiger partial charge on any atom is -0.352 e. The molecule has 1 rings (SSSR count). The SMILES string of the molecule is CCSC1CCC(NC(=O)C(C#N)C(C)C)C1. The van der Waals surface area contributed by atoms with Gasteiger partial charge in [0, 0.05) is 11.3 Å². The van der Waals surface area contributed by atoms with E-state index in [2.05, 4.69) is 18.3 Å². The van der Waals surface area contributed by atoms with Gasteiger partial charge in [-0.2, -0.15) is 17.0 Å². The lowest BCUT2D eigenvalue weighted by molar-refractivity contribution is -0.125. The van der Waals surface area contributed by atoms with Crippen LogP contribution in [0.5, 0.6) is 0 Å². The predicted octanol–water partition coefficient (Wildman–Crippen LogP) is 2.57. The number of carbonyl (C=O) groups is 1. The fourth-order valence-corrected chi connectivity index (χ4v) is 3.40. The number of carbonyl (C=O) groups excluding carboxylic acids is 1. The average Bonchev–Trinajstić information content (AvgIpc) is 2.66. The molecule has 1 aliphatic carbocycles. The third-order valence-corrected chi connectivity index (χ3v) is 4.45. The van der Waals surface area contributed by atoms with Crippen molar-refractivity contribution in [3.8, 4) is 6.07 Å². The molecule has 0 saturated heterocycles. The van der Waals surface area contributed by atoms with Gasteiger partial charge in [0.25, 0.3) is 0 Å². The molecule has 4 heteroatoms. The number of hydrogen-bond donors (Lipinski definition) is 1. The van der Waals surface area contributed by atoms with Gasteiger partial charge in [-0.3, -0.25) is 4.79 Å². The molecule has 0 aromatic heterocycles. The van der Waals surface area contributed by atoms with Crippen LogP contribution in [0.2, 0.25) is 0 Å². The zero-order valence-corrected chi connectivity index (χ0v) is 11.7. The van der Waals surface area contributed by atoms with Gasteiger partial charge >= 0.3 is 0 Å². The zero-order valence-electron chi connectivity index (χ0n) is 10.9. The van der Waals surface area contributed by atoms with Crippen LogP contribution in [0, 0.1) is 23.2 Å². The standard InChI is InChI=1S/C13H22N2OS/c1-4-17-11-6-5-10(7-11)15-13(16)12(8-14)9(2)3/h9-12H,4-7H2,1-3H3,(H,15,16). The Labute approximate surface area is 108 Å². The molecule has 1 saturated carbocycles. The maximum absolute atomic E-state index is 11.9. The first kappa shape index (κ1) is 14.4. The Kier molecular flexibility index (Phi) is 5.84. The van der Waals surface area contributed by atoms with Gasteiger partial charge in [-0.25, -0.2) is 0 Å². The van der Waals surface area contributed by atoms with Crippen LogP contribution in [0.25, 0.3) is 0 Å². The lowest BCUT2D eigenvalue weighted by atomic mass is 9.96. The summed E-state index contributed by atoms with van der Waals surface area (Å²) >= 11 is 1.97. The fourth-order valence-electron chi connectivity index (χ4n) is 2.26. The minimum absolute atomic E-state index is 0.0854. The van der Waals surface area contributed by atoms with Crippen molar-refractivity contribution in [2.45, 2.75) is 51.3 Å². The van der Waals surface area contributed by atoms with Crippen molar-refractivity contribution >= 4 is 17.7 Å². The largest absolute Gasteiger partial charge is 0.352 e. The Morgan fingerprint density at radius 3 is 2.76 bits per heavy atom. The molecule has 3 unspecified atom stereocenters. The van der Waals surface area contributed by atoms with Gasteiger partial charge < -0.3 is 5.32 Å². The van der Waals surface area contributed by atoms with E-state index in [1.807, 2.05) is 25.6 Å². The van der Waals surface area contributed by atoms with Gasteiger partial charge in [0.05, 0.1) is 6.07 Å². The monoisotopic (exact) mass is 254 g/mol. The topological polar surface area (TPSA) is 52.9 Å². The van der Waals surface area contributed by atoms with Crippen molar-refractivity contribution in [3.63, 3.8) is 0 Å². The summed E-state index contributed by atoms with van der Waals surface area (Å²) < 4.78 is 0. The predicted molar refractivity (Wildman–Crippen MR) is 71.6 cm³/mol. The molecule has 0 aliphatic heterocycles. The van der Waals surface area contributed by atoms with Crippen LogP contribution in [-0.4, -0.2) is 23.0 Å². The van der Waals surface area contributed by atoms with E-state index in [0.29, 0.717) is 5.25 Å². The van der Waals surface area contributed by atoms with E-state index in [0.717, 1.165) is 18.6 Å². The van der Waals surface area contributed by atoms with Crippen LogP contribution >= 0.6 is 11.8 Å². The van der Waals surface area contributed by atoms with Crippen LogP contribution in [-0.2, 0) is 4.79 Å². The van der Waals surface area contributed by atoms with Crippen LogP contribution in [0.3, 0.4) is 0 Å². The van der Waals surface area contributed by atoms with Crippen molar-refractivity contribution in [2.75, 3.05) is 5.75 Å². The number of rotatable bonds is 5. The van der Waals surface area contributed by atoms with Crippen molar-refractivity contribution in [1.82, 2.24) is 5.32 Å². The number of hydrogen-bond acceptors (Lipinski definition) is 3. The van der Waals surface area contributed by atoms with Gasteiger partial charge in [0.2, 0.25) is 5.91 Å². The molecule has 1 fully saturated rings. The molecular formula is C13H22N2OS. The zero-order chi connectivity index (χ0) is 12.8. The van der Waals surface area contributed by atoms with E-state index in [4.69, 9.17) is 5.26 Å². The highest BCUT2D eigenvalue weighted by molar-refractivity contribution is 7.99. The fraction of sp³-hybridized carbons (Fsp3) is 0.846. The smallest absolute Gasteiger partial charge is 0.237 e. The molecule has 0 heterocycles. The Morgan fingerprint density at radius 2 is 2.24 bits per heavy atom. The van der Waals surface area contributed by atoms with Crippen molar-refractivity contribution in [3.05, 3.63) is 0 Å². The number of nitrogens with zero attached hydrogens (tertiary/aromatic N) is 1. The molecule has 1 aliphatic rings. The summed E-state index contributed by atoms with van der Waals surface area (Å²) in [5, 5.41) is 12.7. The number of nitriles is 1. The highest BCUT2D eigenvalue weighted by Gasteiger charge is 2.29. The second-order valence-corrected chi connectivity index (χ2v) is 6.52. The number of thioether (sulfide) groups is 1. The molecule has 1 amide bonds. The summed E-state index contributed by atoms with van der Waals surface area (Å²) in [6, 6.07) is 2.37. The molecule has 3 nitrogen and oxygen atoms in total. The van der Waals surface area contributed by atoms with Crippen molar-refractivity contribution in [2.24, 2.45) is 11.8 Å². The second kappa shape index (κ2) is 6.90. The van der Waals surface area contributed by atoms with Gasteiger partial charge in [-0.05, 0) is 30.9 Å². The first-order valence-electron chi connectivity index (χ1n) is 6.40. The Morgan fingerprint density at radius 1 is 1.53 bits per heavy atom. The van der Waals surface area contributed by atoms with E-state index >= 15 is 0 Å². The van der Waals surface area contributed by atoms with Gasteiger partial charge in [0.15, 0.2) is 0 Å². The molecule has 0 aromatic carbocycles. The Balaban J connectivity index is 2.40. The number of amides is 1. The van der Waals surface area contributed by atoms with E-state index in [-0.39, 0.29) is 17.9 Å². The Hall–Kier alpha value is -0.690. The van der Waals surface area contributed by atoms with Gasteiger partial charge in [-0.15, -0.1) is 0 Å². The van der Waals surface area contributed by atoms with E-state index in [9.17, 15) is 4.79 Å². The summed E-state index contributed by atoms with van der Waals surface area (Å²) in [5.74, 6) is 0.628. The molecule has 17 heavy (non-hydrogen) atoms. The highest BCUT2D eigenvalue weighted by Crippen LogP contribution is 2.29. The van der Waals surface area contributed by atoms with Crippen LogP contribution < -0.4 is 5.32 Å². The summed E-state index contributed by atoms with van der Waals surface area (Å²) in [7, 11) is 0. The van der Waals surface area contributed by atoms with E-state index in [1.54, 1.807) is 0 Å². The summed E-state index contributed by atoms with van der Waals surface area (Å²) in [4.78, 5) is 11.9.